The van der Waals surface area contributed by atoms with Gasteiger partial charge in [0.05, 0.1) is 0 Å². The van der Waals surface area contributed by atoms with Gasteiger partial charge in [-0.15, -0.1) is 0 Å². The lowest BCUT2D eigenvalue weighted by atomic mass is 10.1. The van der Waals surface area contributed by atoms with Gasteiger partial charge < -0.3 is 4.90 Å². The van der Waals surface area contributed by atoms with Gasteiger partial charge in [0.2, 0.25) is 0 Å². The molecule has 0 heterocycles. The number of hydrogen-bond donors (Lipinski definition) is 0. The fourth-order valence-corrected chi connectivity index (χ4v) is 1.64. The second-order valence-corrected chi connectivity index (χ2v) is 4.34. The Balaban J connectivity index is 2.39. The van der Waals surface area contributed by atoms with Crippen LogP contribution in [0.2, 0.25) is 0 Å². The van der Waals surface area contributed by atoms with Crippen LogP contribution in [0, 0.1) is 5.82 Å². The zero-order chi connectivity index (χ0) is 12.7. The summed E-state index contributed by atoms with van der Waals surface area (Å²) >= 11 is 0. The first-order valence-corrected chi connectivity index (χ1v) is 6.10. The third kappa shape index (κ3) is 5.09. The number of benzene rings is 1. The Morgan fingerprint density at radius 1 is 1.35 bits per heavy atom. The number of unbranched alkanes of at least 4 members (excludes halogenated alkanes) is 1. The Hall–Kier alpha value is -1.22. The summed E-state index contributed by atoms with van der Waals surface area (Å²) < 4.78 is 12.9. The van der Waals surface area contributed by atoms with Gasteiger partial charge in [0.1, 0.15) is 5.82 Å². The van der Waals surface area contributed by atoms with Gasteiger partial charge in [-0.05, 0) is 32.1 Å². The molecular weight excluding hydrogens is 217 g/mol. The molecule has 0 aromatic heterocycles. The van der Waals surface area contributed by atoms with E-state index in [9.17, 15) is 9.18 Å². The van der Waals surface area contributed by atoms with E-state index in [1.807, 2.05) is 7.05 Å². The Labute approximate surface area is 102 Å². The molecule has 0 N–H and O–H groups in total. The molecular formula is C14H20FNO. The summed E-state index contributed by atoms with van der Waals surface area (Å²) in [6, 6.07) is 5.89. The van der Waals surface area contributed by atoms with Crippen molar-refractivity contribution in [2.24, 2.45) is 0 Å². The Bertz CT molecular complexity index is 365. The molecule has 0 aliphatic heterocycles. The van der Waals surface area contributed by atoms with Gasteiger partial charge in [-0.2, -0.15) is 0 Å². The molecule has 1 aromatic carbocycles. The Morgan fingerprint density at radius 3 is 2.76 bits per heavy atom. The smallest absolute Gasteiger partial charge is 0.164 e. The molecule has 0 saturated carbocycles. The highest BCUT2D eigenvalue weighted by molar-refractivity contribution is 5.96. The number of carbonyl (C=O) groups is 1. The van der Waals surface area contributed by atoms with Gasteiger partial charge >= 0.3 is 0 Å². The maximum absolute atomic E-state index is 12.9. The standard InChI is InChI=1S/C14H20FNO/c1-3-4-9-16(2)10-8-14(17)12-6-5-7-13(15)11-12/h5-7,11H,3-4,8-10H2,1-2H3. The van der Waals surface area contributed by atoms with Crippen LogP contribution in [0.4, 0.5) is 4.39 Å². The first kappa shape index (κ1) is 13.8. The van der Waals surface area contributed by atoms with Crippen LogP contribution in [-0.4, -0.2) is 30.8 Å². The van der Waals surface area contributed by atoms with Gasteiger partial charge in [-0.3, -0.25) is 4.79 Å². The van der Waals surface area contributed by atoms with Crippen LogP contribution in [0.5, 0.6) is 0 Å². The number of carbonyl (C=O) groups excluding carboxylic acids is 1. The number of ketones is 1. The third-order valence-corrected chi connectivity index (χ3v) is 2.76. The maximum Gasteiger partial charge on any atom is 0.164 e. The molecule has 0 saturated heterocycles. The quantitative estimate of drug-likeness (QED) is 0.679. The molecule has 94 valence electrons. The number of halogens is 1. The van der Waals surface area contributed by atoms with Crippen molar-refractivity contribution in [2.45, 2.75) is 26.2 Å². The first-order chi connectivity index (χ1) is 8.13. The van der Waals surface area contributed by atoms with Gasteiger partial charge in [-0.25, -0.2) is 4.39 Å². The summed E-state index contributed by atoms with van der Waals surface area (Å²) in [6.07, 6.45) is 2.75. The van der Waals surface area contributed by atoms with E-state index in [1.165, 1.54) is 12.1 Å². The molecule has 0 atom stereocenters. The van der Waals surface area contributed by atoms with Gasteiger partial charge in [-0.1, -0.05) is 25.5 Å². The Morgan fingerprint density at radius 2 is 2.12 bits per heavy atom. The Kier molecular flexibility index (Phi) is 5.84. The molecule has 0 radical (unpaired) electrons. The lowest BCUT2D eigenvalue weighted by Crippen LogP contribution is -2.23. The molecule has 0 amide bonds. The molecule has 0 aliphatic carbocycles. The molecule has 1 rings (SSSR count). The average Bonchev–Trinajstić information content (AvgIpc) is 2.33. The minimum atomic E-state index is -0.352. The number of rotatable bonds is 7. The topological polar surface area (TPSA) is 20.3 Å². The summed E-state index contributed by atoms with van der Waals surface area (Å²) in [5.41, 5.74) is 0.467. The zero-order valence-corrected chi connectivity index (χ0v) is 10.6. The molecule has 1 aromatic rings. The number of hydrogen-bond acceptors (Lipinski definition) is 2. The molecule has 0 fully saturated rings. The molecule has 17 heavy (non-hydrogen) atoms. The summed E-state index contributed by atoms with van der Waals surface area (Å²) in [4.78, 5) is 13.9. The summed E-state index contributed by atoms with van der Waals surface area (Å²) in [5.74, 6) is -0.344. The van der Waals surface area contributed by atoms with E-state index in [0.29, 0.717) is 12.0 Å². The van der Waals surface area contributed by atoms with E-state index in [-0.39, 0.29) is 11.6 Å². The van der Waals surface area contributed by atoms with Crippen LogP contribution in [0.1, 0.15) is 36.5 Å². The normalized spacial score (nSPS) is 10.8. The van der Waals surface area contributed by atoms with E-state index >= 15 is 0 Å². The lowest BCUT2D eigenvalue weighted by molar-refractivity contribution is 0.0968. The summed E-state index contributed by atoms with van der Waals surface area (Å²) in [6.45, 7) is 3.88. The fraction of sp³-hybridized carbons (Fsp3) is 0.500. The molecule has 0 aliphatic rings. The van der Waals surface area contributed by atoms with Crippen LogP contribution >= 0.6 is 0 Å². The van der Waals surface area contributed by atoms with Crippen molar-refractivity contribution in [1.29, 1.82) is 0 Å². The van der Waals surface area contributed by atoms with Crippen LogP contribution in [0.25, 0.3) is 0 Å². The maximum atomic E-state index is 12.9. The lowest BCUT2D eigenvalue weighted by Gasteiger charge is -2.15. The van der Waals surface area contributed by atoms with Crippen molar-refractivity contribution < 1.29 is 9.18 Å². The minimum Gasteiger partial charge on any atom is -0.306 e. The van der Waals surface area contributed by atoms with Gasteiger partial charge in [0.15, 0.2) is 5.78 Å². The second-order valence-electron chi connectivity index (χ2n) is 4.34. The van der Waals surface area contributed by atoms with E-state index < -0.39 is 0 Å². The second kappa shape index (κ2) is 7.17. The van der Waals surface area contributed by atoms with Crippen LogP contribution in [0.15, 0.2) is 24.3 Å². The van der Waals surface area contributed by atoms with E-state index in [4.69, 9.17) is 0 Å². The third-order valence-electron chi connectivity index (χ3n) is 2.76. The molecule has 0 bridgehead atoms. The summed E-state index contributed by atoms with van der Waals surface area (Å²) in [7, 11) is 2.01. The highest BCUT2D eigenvalue weighted by Gasteiger charge is 2.07. The molecule has 0 unspecified atom stereocenters. The van der Waals surface area contributed by atoms with Crippen LogP contribution in [-0.2, 0) is 0 Å². The molecule has 0 spiro atoms. The molecule has 3 heteroatoms. The first-order valence-electron chi connectivity index (χ1n) is 6.10. The van der Waals surface area contributed by atoms with Crippen molar-refractivity contribution in [2.75, 3.05) is 20.1 Å². The highest BCUT2D eigenvalue weighted by Crippen LogP contribution is 2.07. The number of Topliss-reactive ketones (excluding diaryl/α,β-unsaturated/α-hetero) is 1. The van der Waals surface area contributed by atoms with Crippen LogP contribution < -0.4 is 0 Å². The number of nitrogens with zero attached hydrogens (tertiary/aromatic N) is 1. The SMILES string of the molecule is CCCCN(C)CCC(=O)c1cccc(F)c1. The van der Waals surface area contributed by atoms with Crippen molar-refractivity contribution in [3.05, 3.63) is 35.6 Å². The minimum absolute atomic E-state index is 0.00727. The highest BCUT2D eigenvalue weighted by atomic mass is 19.1. The van der Waals surface area contributed by atoms with Crippen molar-refractivity contribution in [1.82, 2.24) is 4.90 Å². The van der Waals surface area contributed by atoms with Gasteiger partial charge in [0, 0.05) is 18.5 Å². The monoisotopic (exact) mass is 237 g/mol. The van der Waals surface area contributed by atoms with E-state index in [1.54, 1.807) is 12.1 Å². The molecule has 2 nitrogen and oxygen atoms in total. The summed E-state index contributed by atoms with van der Waals surface area (Å²) in [5, 5.41) is 0. The largest absolute Gasteiger partial charge is 0.306 e. The van der Waals surface area contributed by atoms with Crippen molar-refractivity contribution in [3.63, 3.8) is 0 Å². The average molecular weight is 237 g/mol. The zero-order valence-electron chi connectivity index (χ0n) is 10.6. The van der Waals surface area contributed by atoms with Gasteiger partial charge in [0.25, 0.3) is 0 Å². The van der Waals surface area contributed by atoms with E-state index in [0.717, 1.165) is 25.9 Å². The fourth-order valence-electron chi connectivity index (χ4n) is 1.64. The predicted molar refractivity (Wildman–Crippen MR) is 67.8 cm³/mol. The van der Waals surface area contributed by atoms with Crippen molar-refractivity contribution >= 4 is 5.78 Å². The van der Waals surface area contributed by atoms with Crippen LogP contribution in [0.3, 0.4) is 0 Å². The van der Waals surface area contributed by atoms with Crippen molar-refractivity contribution in [3.8, 4) is 0 Å². The van der Waals surface area contributed by atoms with E-state index in [2.05, 4.69) is 11.8 Å². The predicted octanol–water partition coefficient (Wildman–Crippen LogP) is 3.13.